The summed E-state index contributed by atoms with van der Waals surface area (Å²) in [7, 11) is 4.08. The van der Waals surface area contributed by atoms with Crippen molar-refractivity contribution < 1.29 is 0 Å². The van der Waals surface area contributed by atoms with Gasteiger partial charge in [0.25, 0.3) is 0 Å². The van der Waals surface area contributed by atoms with Crippen molar-refractivity contribution in [2.75, 3.05) is 24.7 Å². The second-order valence-corrected chi connectivity index (χ2v) is 4.00. The number of hydrogen-bond acceptors (Lipinski definition) is 2. The summed E-state index contributed by atoms with van der Waals surface area (Å²) in [6, 6.07) is 16.2. The van der Waals surface area contributed by atoms with E-state index in [-0.39, 0.29) is 0 Å². The second kappa shape index (κ2) is 4.27. The van der Waals surface area contributed by atoms with Gasteiger partial charge in [0, 0.05) is 36.6 Å². The molecule has 0 fully saturated rings. The van der Waals surface area contributed by atoms with Crippen LogP contribution in [-0.2, 0) is 0 Å². The summed E-state index contributed by atoms with van der Waals surface area (Å²) < 4.78 is 0. The first-order valence-corrected chi connectivity index (χ1v) is 5.31. The molecular weight excluding hydrogens is 196 g/mol. The highest BCUT2D eigenvalue weighted by Gasteiger charge is 2.07. The molecule has 2 aromatic carbocycles. The van der Waals surface area contributed by atoms with E-state index < -0.39 is 0 Å². The van der Waals surface area contributed by atoms with Gasteiger partial charge in [-0.1, -0.05) is 36.4 Å². The van der Waals surface area contributed by atoms with E-state index in [1.807, 2.05) is 44.4 Å². The van der Waals surface area contributed by atoms with Gasteiger partial charge in [-0.05, 0) is 12.1 Å². The van der Waals surface area contributed by atoms with Gasteiger partial charge in [-0.25, -0.2) is 0 Å². The Bertz CT molecular complexity index is 490. The lowest BCUT2D eigenvalue weighted by molar-refractivity contribution is 1.13. The maximum Gasteiger partial charge on any atom is 0.0441 e. The molecule has 16 heavy (non-hydrogen) atoms. The van der Waals surface area contributed by atoms with Crippen LogP contribution in [0.15, 0.2) is 48.5 Å². The SMILES string of the molecule is CN(C)c1ccccc1-c1ccccc1N. The van der Waals surface area contributed by atoms with Gasteiger partial charge in [0.1, 0.15) is 0 Å². The Labute approximate surface area is 96.3 Å². The minimum absolute atomic E-state index is 0.816. The van der Waals surface area contributed by atoms with Crippen LogP contribution in [0.5, 0.6) is 0 Å². The molecule has 0 aliphatic heterocycles. The van der Waals surface area contributed by atoms with Crippen LogP contribution in [0.25, 0.3) is 11.1 Å². The van der Waals surface area contributed by atoms with Crippen LogP contribution >= 0.6 is 0 Å². The first-order valence-electron chi connectivity index (χ1n) is 5.31. The Morgan fingerprint density at radius 1 is 0.812 bits per heavy atom. The Morgan fingerprint density at radius 2 is 1.38 bits per heavy atom. The number of hydrogen-bond donors (Lipinski definition) is 1. The van der Waals surface area contributed by atoms with Gasteiger partial charge < -0.3 is 10.6 Å². The van der Waals surface area contributed by atoms with E-state index in [4.69, 9.17) is 5.73 Å². The molecule has 0 atom stereocenters. The third-order valence-corrected chi connectivity index (χ3v) is 2.64. The van der Waals surface area contributed by atoms with E-state index in [0.29, 0.717) is 0 Å². The van der Waals surface area contributed by atoms with E-state index >= 15 is 0 Å². The molecule has 0 heterocycles. The summed E-state index contributed by atoms with van der Waals surface area (Å²) in [5.74, 6) is 0. The van der Waals surface area contributed by atoms with Crippen molar-refractivity contribution >= 4 is 11.4 Å². The number of para-hydroxylation sites is 2. The van der Waals surface area contributed by atoms with Gasteiger partial charge in [0.05, 0.1) is 0 Å². The first kappa shape index (κ1) is 10.6. The minimum Gasteiger partial charge on any atom is -0.398 e. The van der Waals surface area contributed by atoms with Crippen molar-refractivity contribution in [2.45, 2.75) is 0 Å². The van der Waals surface area contributed by atoms with Crippen molar-refractivity contribution in [1.29, 1.82) is 0 Å². The number of nitrogens with two attached hydrogens (primary N) is 1. The average Bonchev–Trinajstić information content (AvgIpc) is 2.29. The molecule has 0 spiro atoms. The molecule has 2 nitrogen and oxygen atoms in total. The Morgan fingerprint density at radius 3 is 2.00 bits per heavy atom. The molecule has 0 aliphatic rings. The standard InChI is InChI=1S/C14H16N2/c1-16(2)14-10-6-4-8-12(14)11-7-3-5-9-13(11)15/h3-10H,15H2,1-2H3. The Hall–Kier alpha value is -1.96. The summed E-state index contributed by atoms with van der Waals surface area (Å²) in [5.41, 5.74) is 10.3. The summed E-state index contributed by atoms with van der Waals surface area (Å²) in [6.07, 6.45) is 0. The number of rotatable bonds is 2. The fourth-order valence-corrected chi connectivity index (χ4v) is 1.83. The predicted molar refractivity (Wildman–Crippen MR) is 70.6 cm³/mol. The fraction of sp³-hybridized carbons (Fsp3) is 0.143. The number of nitrogens with zero attached hydrogens (tertiary/aromatic N) is 1. The lowest BCUT2D eigenvalue weighted by Crippen LogP contribution is -2.10. The smallest absolute Gasteiger partial charge is 0.0441 e. The van der Waals surface area contributed by atoms with Gasteiger partial charge in [0.15, 0.2) is 0 Å². The third kappa shape index (κ3) is 1.87. The van der Waals surface area contributed by atoms with Crippen LogP contribution < -0.4 is 10.6 Å². The first-order chi connectivity index (χ1) is 7.70. The van der Waals surface area contributed by atoms with Crippen LogP contribution in [0.3, 0.4) is 0 Å². The highest BCUT2D eigenvalue weighted by molar-refractivity contribution is 5.85. The molecule has 0 saturated heterocycles. The zero-order valence-electron chi connectivity index (χ0n) is 9.64. The highest BCUT2D eigenvalue weighted by atomic mass is 15.1. The second-order valence-electron chi connectivity index (χ2n) is 4.00. The van der Waals surface area contributed by atoms with E-state index in [0.717, 1.165) is 11.3 Å². The molecule has 0 amide bonds. The van der Waals surface area contributed by atoms with Crippen LogP contribution in [0.2, 0.25) is 0 Å². The monoisotopic (exact) mass is 212 g/mol. The number of benzene rings is 2. The predicted octanol–water partition coefficient (Wildman–Crippen LogP) is 3.00. The maximum absolute atomic E-state index is 6.00. The summed E-state index contributed by atoms with van der Waals surface area (Å²) >= 11 is 0. The minimum atomic E-state index is 0.816. The summed E-state index contributed by atoms with van der Waals surface area (Å²) in [6.45, 7) is 0. The van der Waals surface area contributed by atoms with Crippen LogP contribution in [0.1, 0.15) is 0 Å². The molecule has 0 aromatic heterocycles. The van der Waals surface area contributed by atoms with Crippen molar-refractivity contribution in [3.8, 4) is 11.1 Å². The van der Waals surface area contributed by atoms with Crippen LogP contribution in [-0.4, -0.2) is 14.1 Å². The van der Waals surface area contributed by atoms with Crippen molar-refractivity contribution in [3.63, 3.8) is 0 Å². The molecule has 0 unspecified atom stereocenters. The van der Waals surface area contributed by atoms with Gasteiger partial charge in [-0.3, -0.25) is 0 Å². The molecule has 2 aromatic rings. The van der Waals surface area contributed by atoms with E-state index in [9.17, 15) is 0 Å². The fourth-order valence-electron chi connectivity index (χ4n) is 1.83. The Balaban J connectivity index is 2.60. The number of nitrogen functional groups attached to an aromatic ring is 1. The molecule has 0 bridgehead atoms. The lowest BCUT2D eigenvalue weighted by atomic mass is 10.0. The van der Waals surface area contributed by atoms with E-state index in [2.05, 4.69) is 23.1 Å². The van der Waals surface area contributed by atoms with Crippen molar-refractivity contribution in [3.05, 3.63) is 48.5 Å². The van der Waals surface area contributed by atoms with Crippen LogP contribution in [0.4, 0.5) is 11.4 Å². The zero-order valence-corrected chi connectivity index (χ0v) is 9.64. The molecule has 2 rings (SSSR count). The van der Waals surface area contributed by atoms with E-state index in [1.165, 1.54) is 11.3 Å². The average molecular weight is 212 g/mol. The molecule has 2 N–H and O–H groups in total. The highest BCUT2D eigenvalue weighted by Crippen LogP contribution is 2.32. The van der Waals surface area contributed by atoms with Crippen LogP contribution in [0, 0.1) is 0 Å². The van der Waals surface area contributed by atoms with Gasteiger partial charge >= 0.3 is 0 Å². The summed E-state index contributed by atoms with van der Waals surface area (Å²) in [5, 5.41) is 0. The molecule has 0 aliphatic carbocycles. The van der Waals surface area contributed by atoms with E-state index in [1.54, 1.807) is 0 Å². The molecule has 0 radical (unpaired) electrons. The third-order valence-electron chi connectivity index (χ3n) is 2.64. The van der Waals surface area contributed by atoms with Gasteiger partial charge in [0.2, 0.25) is 0 Å². The molecule has 0 saturated carbocycles. The largest absolute Gasteiger partial charge is 0.398 e. The normalized spacial score (nSPS) is 10.1. The molecule has 82 valence electrons. The zero-order chi connectivity index (χ0) is 11.5. The summed E-state index contributed by atoms with van der Waals surface area (Å²) in [4.78, 5) is 2.10. The topological polar surface area (TPSA) is 29.3 Å². The lowest BCUT2D eigenvalue weighted by Gasteiger charge is -2.18. The van der Waals surface area contributed by atoms with Crippen molar-refractivity contribution in [1.82, 2.24) is 0 Å². The van der Waals surface area contributed by atoms with Gasteiger partial charge in [-0.2, -0.15) is 0 Å². The maximum atomic E-state index is 6.00. The van der Waals surface area contributed by atoms with Crippen molar-refractivity contribution in [2.24, 2.45) is 0 Å². The number of anilines is 2. The quantitative estimate of drug-likeness (QED) is 0.775. The molecular formula is C14H16N2. The molecule has 2 heteroatoms. The van der Waals surface area contributed by atoms with Gasteiger partial charge in [-0.15, -0.1) is 0 Å². The Kier molecular flexibility index (Phi) is 2.82.